The maximum atomic E-state index is 5.85. The molecule has 2 saturated heterocycles. The van der Waals surface area contributed by atoms with Crippen LogP contribution in [-0.2, 0) is 9.47 Å². The van der Waals surface area contributed by atoms with E-state index in [1.807, 2.05) is 36.4 Å². The smallest absolute Gasteiger partial charge is 0.202 e. The van der Waals surface area contributed by atoms with Crippen molar-refractivity contribution in [1.29, 1.82) is 0 Å². The first-order chi connectivity index (χ1) is 9.90. The van der Waals surface area contributed by atoms with E-state index in [9.17, 15) is 0 Å². The summed E-state index contributed by atoms with van der Waals surface area (Å²) >= 11 is 0. The molecule has 20 heavy (non-hydrogen) atoms. The summed E-state index contributed by atoms with van der Waals surface area (Å²) in [5.41, 5.74) is 0. The van der Waals surface area contributed by atoms with E-state index in [1.165, 1.54) is 0 Å². The molecule has 0 radical (unpaired) electrons. The Balaban J connectivity index is 1.64. The molecule has 0 spiro atoms. The summed E-state index contributed by atoms with van der Waals surface area (Å²) in [5.74, 6) is 1.72. The lowest BCUT2D eigenvalue weighted by molar-refractivity contribution is -0.164. The molecule has 2 aromatic rings. The van der Waals surface area contributed by atoms with Gasteiger partial charge in [-0.1, -0.05) is 24.3 Å². The highest BCUT2D eigenvalue weighted by Crippen LogP contribution is 2.35. The van der Waals surface area contributed by atoms with E-state index in [-0.39, 0.29) is 12.4 Å². The van der Waals surface area contributed by atoms with Crippen molar-refractivity contribution in [2.24, 2.45) is 0 Å². The summed E-state index contributed by atoms with van der Waals surface area (Å²) < 4.78 is 22.2. The molecule has 2 fully saturated rings. The van der Waals surface area contributed by atoms with Crippen LogP contribution in [0.2, 0.25) is 0 Å². The van der Waals surface area contributed by atoms with Crippen LogP contribution in [0.5, 0.6) is 11.5 Å². The van der Waals surface area contributed by atoms with Gasteiger partial charge in [0.1, 0.15) is 24.2 Å². The highest BCUT2D eigenvalue weighted by Gasteiger charge is 2.24. The third kappa shape index (κ3) is 2.32. The van der Waals surface area contributed by atoms with Gasteiger partial charge in [-0.3, -0.25) is 0 Å². The summed E-state index contributed by atoms with van der Waals surface area (Å²) in [4.78, 5) is 0. The van der Waals surface area contributed by atoms with Crippen molar-refractivity contribution >= 4 is 10.8 Å². The Morgan fingerprint density at radius 1 is 1.00 bits per heavy atom. The van der Waals surface area contributed by atoms with E-state index in [0.717, 1.165) is 41.9 Å². The predicted octanol–water partition coefficient (Wildman–Crippen LogP) is 2.74. The minimum atomic E-state index is -0.106. The van der Waals surface area contributed by atoms with Crippen LogP contribution < -0.4 is 9.47 Å². The van der Waals surface area contributed by atoms with Crippen LogP contribution >= 0.6 is 0 Å². The first kappa shape index (κ1) is 12.0. The number of benzene rings is 2. The second kappa shape index (κ2) is 4.96. The minimum absolute atomic E-state index is 0.106. The van der Waals surface area contributed by atoms with Crippen LogP contribution in [0.1, 0.15) is 6.42 Å². The number of hydrogen-bond donors (Lipinski definition) is 0. The van der Waals surface area contributed by atoms with Gasteiger partial charge in [0.2, 0.25) is 6.29 Å². The molecule has 4 rings (SSSR count). The number of ether oxygens (including phenoxy) is 4. The van der Waals surface area contributed by atoms with Crippen LogP contribution in [0.25, 0.3) is 10.8 Å². The molecule has 0 saturated carbocycles. The van der Waals surface area contributed by atoms with Crippen molar-refractivity contribution in [2.45, 2.75) is 18.8 Å². The molecule has 2 aliphatic rings. The Labute approximate surface area is 117 Å². The lowest BCUT2D eigenvalue weighted by atomic mass is 10.1. The van der Waals surface area contributed by atoms with Crippen molar-refractivity contribution in [1.82, 2.24) is 0 Å². The van der Waals surface area contributed by atoms with Gasteiger partial charge >= 0.3 is 0 Å². The Hall–Kier alpha value is -1.78. The Morgan fingerprint density at radius 3 is 2.35 bits per heavy atom. The number of rotatable bonds is 5. The number of fused-ring (bicyclic) bond motifs is 1. The molecule has 2 unspecified atom stereocenters. The normalized spacial score (nSPS) is 24.2. The molecule has 0 amide bonds. The average Bonchev–Trinajstić information content (AvgIpc) is 3.25. The van der Waals surface area contributed by atoms with Gasteiger partial charge in [0, 0.05) is 17.2 Å². The zero-order valence-electron chi connectivity index (χ0n) is 11.1. The van der Waals surface area contributed by atoms with E-state index < -0.39 is 0 Å². The zero-order valence-corrected chi connectivity index (χ0v) is 11.1. The van der Waals surface area contributed by atoms with E-state index >= 15 is 0 Å². The van der Waals surface area contributed by atoms with Crippen LogP contribution in [-0.4, -0.2) is 32.2 Å². The molecular formula is C16H16O4. The molecule has 0 N–H and O–H groups in total. The Bertz CT molecular complexity index is 617. The average molecular weight is 272 g/mol. The van der Waals surface area contributed by atoms with Crippen molar-refractivity contribution in [3.05, 3.63) is 36.4 Å². The highest BCUT2D eigenvalue weighted by molar-refractivity contribution is 5.93. The van der Waals surface area contributed by atoms with Crippen molar-refractivity contribution in [3.63, 3.8) is 0 Å². The van der Waals surface area contributed by atoms with Gasteiger partial charge in [0.05, 0.1) is 13.2 Å². The Kier molecular flexibility index (Phi) is 2.98. The van der Waals surface area contributed by atoms with Gasteiger partial charge in [0.15, 0.2) is 0 Å². The monoisotopic (exact) mass is 272 g/mol. The van der Waals surface area contributed by atoms with E-state index in [0.29, 0.717) is 6.61 Å². The van der Waals surface area contributed by atoms with Crippen molar-refractivity contribution in [3.8, 4) is 11.5 Å². The molecule has 4 nitrogen and oxygen atoms in total. The molecule has 2 atom stereocenters. The van der Waals surface area contributed by atoms with Crippen LogP contribution in [0.4, 0.5) is 0 Å². The maximum Gasteiger partial charge on any atom is 0.202 e. The summed E-state index contributed by atoms with van der Waals surface area (Å²) in [7, 11) is 0. The molecule has 0 aliphatic carbocycles. The largest absolute Gasteiger partial charge is 0.490 e. The minimum Gasteiger partial charge on any atom is -0.490 e. The SMILES string of the molecule is c1ccc2c(OC3CCO3)ccc(OCC3CO3)c2c1. The van der Waals surface area contributed by atoms with Crippen LogP contribution in [0, 0.1) is 0 Å². The summed E-state index contributed by atoms with van der Waals surface area (Å²) in [5, 5.41) is 2.11. The van der Waals surface area contributed by atoms with E-state index in [4.69, 9.17) is 18.9 Å². The molecule has 2 aromatic carbocycles. The summed E-state index contributed by atoms with van der Waals surface area (Å²) in [6, 6.07) is 12.0. The van der Waals surface area contributed by atoms with Crippen LogP contribution in [0.15, 0.2) is 36.4 Å². The van der Waals surface area contributed by atoms with Gasteiger partial charge in [0.25, 0.3) is 0 Å². The van der Waals surface area contributed by atoms with Gasteiger partial charge in [-0.15, -0.1) is 0 Å². The lowest BCUT2D eigenvalue weighted by Crippen LogP contribution is -2.32. The highest BCUT2D eigenvalue weighted by atomic mass is 16.7. The third-order valence-electron chi connectivity index (χ3n) is 3.59. The van der Waals surface area contributed by atoms with Crippen molar-refractivity contribution in [2.75, 3.05) is 19.8 Å². The van der Waals surface area contributed by atoms with E-state index in [2.05, 4.69) is 0 Å². The van der Waals surface area contributed by atoms with Gasteiger partial charge in [-0.2, -0.15) is 0 Å². The first-order valence-electron chi connectivity index (χ1n) is 6.94. The second-order valence-electron chi connectivity index (χ2n) is 5.08. The Morgan fingerprint density at radius 2 is 1.70 bits per heavy atom. The van der Waals surface area contributed by atoms with Gasteiger partial charge in [-0.25, -0.2) is 0 Å². The second-order valence-corrected chi connectivity index (χ2v) is 5.08. The standard InChI is InChI=1S/C16H16O4/c1-2-4-13-12(3-1)14(19-10-11-9-18-11)5-6-15(13)20-16-7-8-17-16/h1-6,11,16H,7-10H2. The first-order valence-corrected chi connectivity index (χ1v) is 6.94. The number of hydrogen-bond acceptors (Lipinski definition) is 4. The molecule has 0 aromatic heterocycles. The number of epoxide rings is 1. The summed E-state index contributed by atoms with van der Waals surface area (Å²) in [6.45, 7) is 2.19. The fourth-order valence-electron chi connectivity index (χ4n) is 2.27. The summed E-state index contributed by atoms with van der Waals surface area (Å²) in [6.07, 6.45) is 1.10. The molecule has 2 heterocycles. The van der Waals surface area contributed by atoms with Gasteiger partial charge < -0.3 is 18.9 Å². The molecular weight excluding hydrogens is 256 g/mol. The van der Waals surface area contributed by atoms with Crippen molar-refractivity contribution < 1.29 is 18.9 Å². The van der Waals surface area contributed by atoms with Crippen LogP contribution in [0.3, 0.4) is 0 Å². The predicted molar refractivity (Wildman–Crippen MR) is 74.2 cm³/mol. The third-order valence-corrected chi connectivity index (χ3v) is 3.59. The molecule has 104 valence electrons. The molecule has 0 bridgehead atoms. The van der Waals surface area contributed by atoms with Gasteiger partial charge in [-0.05, 0) is 12.1 Å². The lowest BCUT2D eigenvalue weighted by Gasteiger charge is -2.27. The molecule has 4 heteroatoms. The fraction of sp³-hybridized carbons (Fsp3) is 0.375. The van der Waals surface area contributed by atoms with E-state index in [1.54, 1.807) is 0 Å². The topological polar surface area (TPSA) is 40.2 Å². The maximum absolute atomic E-state index is 5.85. The zero-order chi connectivity index (χ0) is 13.4. The fourth-order valence-corrected chi connectivity index (χ4v) is 2.27. The molecule has 2 aliphatic heterocycles. The quantitative estimate of drug-likeness (QED) is 0.785.